The summed E-state index contributed by atoms with van der Waals surface area (Å²) in [5, 5.41) is 0. The summed E-state index contributed by atoms with van der Waals surface area (Å²) in [5.74, 6) is 0.982. The second-order valence-corrected chi connectivity index (χ2v) is 8.94. The normalized spacial score (nSPS) is 31.7. The van der Waals surface area contributed by atoms with E-state index in [1.54, 1.807) is 0 Å². The molecule has 0 saturated carbocycles. The van der Waals surface area contributed by atoms with Crippen molar-refractivity contribution in [3.8, 4) is 0 Å². The summed E-state index contributed by atoms with van der Waals surface area (Å²) in [7, 11) is 0. The van der Waals surface area contributed by atoms with Gasteiger partial charge in [-0.25, -0.2) is 0 Å². The lowest BCUT2D eigenvalue weighted by Crippen LogP contribution is -2.57. The summed E-state index contributed by atoms with van der Waals surface area (Å²) in [5.41, 5.74) is 2.31. The van der Waals surface area contributed by atoms with E-state index in [-0.39, 0.29) is 36.6 Å². The van der Waals surface area contributed by atoms with E-state index < -0.39 is 0 Å². The number of hydrogen-bond donors (Lipinski definition) is 0. The van der Waals surface area contributed by atoms with Crippen LogP contribution in [-0.4, -0.2) is 43.2 Å². The lowest BCUT2D eigenvalue weighted by Gasteiger charge is -2.48. The van der Waals surface area contributed by atoms with Crippen LogP contribution in [0.3, 0.4) is 0 Å². The van der Waals surface area contributed by atoms with E-state index in [0.717, 1.165) is 36.1 Å². The van der Waals surface area contributed by atoms with Crippen molar-refractivity contribution in [3.63, 3.8) is 0 Å². The van der Waals surface area contributed by atoms with Gasteiger partial charge in [0.15, 0.2) is 0 Å². The fraction of sp³-hybridized carbons (Fsp3) is 0.481. The van der Waals surface area contributed by atoms with E-state index >= 15 is 0 Å². The van der Waals surface area contributed by atoms with Gasteiger partial charge in [0.2, 0.25) is 0 Å². The lowest BCUT2D eigenvalue weighted by atomic mass is 9.88. The van der Waals surface area contributed by atoms with Crippen LogP contribution in [0.5, 0.6) is 0 Å². The Hall–Kier alpha value is -2.18. The van der Waals surface area contributed by atoms with Crippen LogP contribution in [0.25, 0.3) is 0 Å². The van der Waals surface area contributed by atoms with Crippen molar-refractivity contribution in [1.29, 1.82) is 0 Å². The molecule has 2 aromatic rings. The molecule has 2 saturated heterocycles. The van der Waals surface area contributed by atoms with E-state index in [4.69, 9.17) is 23.7 Å². The van der Waals surface area contributed by atoms with Gasteiger partial charge < -0.3 is 23.7 Å². The van der Waals surface area contributed by atoms with Crippen LogP contribution in [0.15, 0.2) is 72.5 Å². The Bertz CT molecular complexity index is 883. The third kappa shape index (κ3) is 5.24. The van der Waals surface area contributed by atoms with Crippen molar-refractivity contribution in [2.45, 2.75) is 76.0 Å². The van der Waals surface area contributed by atoms with Gasteiger partial charge in [0, 0.05) is 12.8 Å². The van der Waals surface area contributed by atoms with Gasteiger partial charge in [-0.15, -0.1) is 0 Å². The molecule has 6 atom stereocenters. The van der Waals surface area contributed by atoms with Gasteiger partial charge in [0.05, 0.1) is 50.0 Å². The minimum atomic E-state index is -0.135. The van der Waals surface area contributed by atoms with Gasteiger partial charge in [-0.05, 0) is 30.5 Å². The standard InChI is InChI=1S/C27H32O5/c1-19-12-13-22-24(30-19)15-26-25(31-22)14-23(29-17-21-10-6-3-7-11-21)27(32-26)18-28-16-20-8-4-2-5-9-20/h2-12,22-27H,13-18H2,1H3/t22?,23-,24?,25+,26-,27+/m0/s1. The molecule has 3 aliphatic rings. The quantitative estimate of drug-likeness (QED) is 0.624. The molecule has 5 heteroatoms. The zero-order chi connectivity index (χ0) is 21.8. The fourth-order valence-electron chi connectivity index (χ4n) is 4.84. The van der Waals surface area contributed by atoms with Crippen molar-refractivity contribution in [2.75, 3.05) is 6.61 Å². The van der Waals surface area contributed by atoms with E-state index in [0.29, 0.717) is 19.8 Å². The first kappa shape index (κ1) is 21.7. The van der Waals surface area contributed by atoms with E-state index in [1.165, 1.54) is 0 Å². The van der Waals surface area contributed by atoms with E-state index in [1.807, 2.05) is 43.3 Å². The zero-order valence-corrected chi connectivity index (χ0v) is 18.6. The number of benzene rings is 2. The molecule has 5 rings (SSSR count). The highest BCUT2D eigenvalue weighted by Crippen LogP contribution is 2.37. The van der Waals surface area contributed by atoms with E-state index in [2.05, 4.69) is 30.3 Å². The molecule has 0 aromatic heterocycles. The zero-order valence-electron chi connectivity index (χ0n) is 18.6. The molecular formula is C27H32O5. The molecule has 0 N–H and O–H groups in total. The van der Waals surface area contributed by atoms with Gasteiger partial charge in [-0.1, -0.05) is 60.7 Å². The second-order valence-electron chi connectivity index (χ2n) is 8.94. The molecule has 3 heterocycles. The van der Waals surface area contributed by atoms with E-state index in [9.17, 15) is 0 Å². The van der Waals surface area contributed by atoms with Crippen molar-refractivity contribution >= 4 is 0 Å². The molecule has 2 unspecified atom stereocenters. The van der Waals surface area contributed by atoms with Gasteiger partial charge in [-0.3, -0.25) is 0 Å². The first-order valence-electron chi connectivity index (χ1n) is 11.7. The molecule has 2 aromatic carbocycles. The maximum absolute atomic E-state index is 6.54. The summed E-state index contributed by atoms with van der Waals surface area (Å²) in [4.78, 5) is 0. The highest BCUT2D eigenvalue weighted by molar-refractivity contribution is 5.14. The second kappa shape index (κ2) is 10.2. The molecule has 0 spiro atoms. The Morgan fingerprint density at radius 2 is 1.47 bits per heavy atom. The molecule has 2 fully saturated rings. The molecule has 0 amide bonds. The smallest absolute Gasteiger partial charge is 0.127 e. The summed E-state index contributed by atoms with van der Waals surface area (Å²) in [6.07, 6.45) is 4.66. The molecule has 0 radical (unpaired) electrons. The van der Waals surface area contributed by atoms with Crippen LogP contribution >= 0.6 is 0 Å². The number of fused-ring (bicyclic) bond motifs is 2. The average Bonchev–Trinajstić information content (AvgIpc) is 2.83. The van der Waals surface area contributed by atoms with Crippen LogP contribution in [0, 0.1) is 0 Å². The van der Waals surface area contributed by atoms with Crippen LogP contribution in [0.2, 0.25) is 0 Å². The van der Waals surface area contributed by atoms with Crippen molar-refractivity contribution in [3.05, 3.63) is 83.6 Å². The molecule has 3 aliphatic heterocycles. The van der Waals surface area contributed by atoms with Crippen molar-refractivity contribution < 1.29 is 23.7 Å². The van der Waals surface area contributed by atoms with Crippen molar-refractivity contribution in [1.82, 2.24) is 0 Å². The van der Waals surface area contributed by atoms with Crippen molar-refractivity contribution in [2.24, 2.45) is 0 Å². The molecule has 5 nitrogen and oxygen atoms in total. The van der Waals surface area contributed by atoms with Crippen LogP contribution < -0.4 is 0 Å². The van der Waals surface area contributed by atoms with Gasteiger partial charge in [0.25, 0.3) is 0 Å². The number of allylic oxidation sites excluding steroid dienone is 1. The molecule has 0 bridgehead atoms. The number of rotatable bonds is 7. The maximum Gasteiger partial charge on any atom is 0.127 e. The predicted octanol–water partition coefficient (Wildman–Crippen LogP) is 4.80. The summed E-state index contributed by atoms with van der Waals surface area (Å²) in [6, 6.07) is 20.5. The van der Waals surface area contributed by atoms with Crippen LogP contribution in [0.4, 0.5) is 0 Å². The fourth-order valence-corrected chi connectivity index (χ4v) is 4.84. The molecule has 32 heavy (non-hydrogen) atoms. The lowest BCUT2D eigenvalue weighted by molar-refractivity contribution is -0.261. The first-order chi connectivity index (χ1) is 15.7. The highest BCUT2D eigenvalue weighted by Gasteiger charge is 2.47. The molecule has 170 valence electrons. The first-order valence-corrected chi connectivity index (χ1v) is 11.7. The van der Waals surface area contributed by atoms with Gasteiger partial charge in [-0.2, -0.15) is 0 Å². The van der Waals surface area contributed by atoms with Crippen LogP contribution in [0.1, 0.15) is 37.3 Å². The summed E-state index contributed by atoms with van der Waals surface area (Å²) >= 11 is 0. The Labute approximate surface area is 190 Å². The van der Waals surface area contributed by atoms with Gasteiger partial charge in [0.1, 0.15) is 12.2 Å². The SMILES string of the molecule is CC1=CCC2O[C@@H]3C[C@H](OCc4ccccc4)[C@@H](COCc4ccccc4)O[C@H]3CC2O1. The Morgan fingerprint density at radius 3 is 2.22 bits per heavy atom. The Kier molecular flexibility index (Phi) is 6.89. The van der Waals surface area contributed by atoms with Gasteiger partial charge >= 0.3 is 0 Å². The molecule has 0 aliphatic carbocycles. The maximum atomic E-state index is 6.54. The molecular weight excluding hydrogens is 404 g/mol. The topological polar surface area (TPSA) is 46.2 Å². The summed E-state index contributed by atoms with van der Waals surface area (Å²) in [6.45, 7) is 3.62. The average molecular weight is 437 g/mol. The number of ether oxygens (including phenoxy) is 5. The predicted molar refractivity (Wildman–Crippen MR) is 121 cm³/mol. The highest BCUT2D eigenvalue weighted by atomic mass is 16.6. The van der Waals surface area contributed by atoms with Crippen LogP contribution in [-0.2, 0) is 36.9 Å². The minimum Gasteiger partial charge on any atom is -0.493 e. The third-order valence-corrected chi connectivity index (χ3v) is 6.55. The Balaban J connectivity index is 1.24. The third-order valence-electron chi connectivity index (χ3n) is 6.55. The summed E-state index contributed by atoms with van der Waals surface area (Å²) < 4.78 is 31.4. The number of hydrogen-bond acceptors (Lipinski definition) is 5. The minimum absolute atomic E-state index is 0.00375. The Morgan fingerprint density at radius 1 is 0.781 bits per heavy atom. The monoisotopic (exact) mass is 436 g/mol. The largest absolute Gasteiger partial charge is 0.493 e.